The molecule has 4 aromatic rings. The number of fused-ring (bicyclic) bond motifs is 1. The third kappa shape index (κ3) is 4.07. The summed E-state index contributed by atoms with van der Waals surface area (Å²) in [7, 11) is 4.09. The fourth-order valence-corrected chi connectivity index (χ4v) is 4.83. The Morgan fingerprint density at radius 2 is 1.97 bits per heavy atom. The Labute approximate surface area is 184 Å². The Bertz CT molecular complexity index is 1280. The second-order valence-corrected chi connectivity index (χ2v) is 8.87. The highest BCUT2D eigenvalue weighted by atomic mass is 32.2. The molecule has 0 saturated heterocycles. The summed E-state index contributed by atoms with van der Waals surface area (Å²) in [6.07, 6.45) is 5.29. The van der Waals surface area contributed by atoms with Crippen LogP contribution in [0.1, 0.15) is 24.2 Å². The van der Waals surface area contributed by atoms with E-state index in [4.69, 9.17) is 0 Å². The molecule has 0 bridgehead atoms. The third-order valence-electron chi connectivity index (χ3n) is 5.16. The van der Waals surface area contributed by atoms with Crippen LogP contribution in [0.15, 0.2) is 58.7 Å². The first-order valence-corrected chi connectivity index (χ1v) is 10.7. The van der Waals surface area contributed by atoms with E-state index in [0.717, 1.165) is 28.3 Å². The van der Waals surface area contributed by atoms with Gasteiger partial charge in [-0.25, -0.2) is 8.91 Å². The molecular formula is C23H23FN6S. The Morgan fingerprint density at radius 1 is 1.19 bits per heavy atom. The molecule has 0 aliphatic rings. The third-order valence-corrected chi connectivity index (χ3v) is 6.24. The van der Waals surface area contributed by atoms with Crippen LogP contribution in [-0.2, 0) is 0 Å². The Kier molecular flexibility index (Phi) is 5.81. The van der Waals surface area contributed by atoms with Gasteiger partial charge in [-0.2, -0.15) is 15.5 Å². The maximum atomic E-state index is 14.3. The number of hydrogen-bond acceptors (Lipinski definition) is 5. The van der Waals surface area contributed by atoms with Gasteiger partial charge in [0, 0.05) is 39.4 Å². The summed E-state index contributed by atoms with van der Waals surface area (Å²) in [5, 5.41) is 18.5. The van der Waals surface area contributed by atoms with Gasteiger partial charge in [0.25, 0.3) is 0 Å². The van der Waals surface area contributed by atoms with Crippen molar-refractivity contribution in [1.29, 1.82) is 5.26 Å². The van der Waals surface area contributed by atoms with Crippen molar-refractivity contribution < 1.29 is 4.39 Å². The zero-order valence-corrected chi connectivity index (χ0v) is 18.7. The van der Waals surface area contributed by atoms with Crippen molar-refractivity contribution in [2.45, 2.75) is 29.7 Å². The molecule has 0 unspecified atom stereocenters. The van der Waals surface area contributed by atoms with Gasteiger partial charge in [0.05, 0.1) is 29.5 Å². The van der Waals surface area contributed by atoms with Crippen molar-refractivity contribution in [2.75, 3.05) is 20.6 Å². The molecule has 8 heteroatoms. The van der Waals surface area contributed by atoms with E-state index in [0.29, 0.717) is 16.0 Å². The number of nitriles is 1. The minimum absolute atomic E-state index is 0.217. The maximum absolute atomic E-state index is 14.3. The lowest BCUT2D eigenvalue weighted by atomic mass is 10.1. The molecule has 0 saturated carbocycles. The fraction of sp³-hybridized carbons (Fsp3) is 0.261. The van der Waals surface area contributed by atoms with E-state index in [-0.39, 0.29) is 11.9 Å². The zero-order valence-electron chi connectivity index (χ0n) is 17.9. The molecular weight excluding hydrogens is 411 g/mol. The second kappa shape index (κ2) is 8.53. The highest BCUT2D eigenvalue weighted by Crippen LogP contribution is 2.37. The predicted molar refractivity (Wildman–Crippen MR) is 120 cm³/mol. The number of halogens is 1. The lowest BCUT2D eigenvalue weighted by Gasteiger charge is -2.19. The summed E-state index contributed by atoms with van der Waals surface area (Å²) in [5.41, 5.74) is 4.07. The van der Waals surface area contributed by atoms with Gasteiger partial charge in [0.15, 0.2) is 0 Å². The molecule has 0 aliphatic carbocycles. The molecule has 4 rings (SSSR count). The number of rotatable bonds is 6. The van der Waals surface area contributed by atoms with Crippen LogP contribution in [0.4, 0.5) is 4.39 Å². The Hall–Kier alpha value is -3.15. The van der Waals surface area contributed by atoms with Gasteiger partial charge >= 0.3 is 0 Å². The quantitative estimate of drug-likeness (QED) is 0.437. The molecule has 0 radical (unpaired) electrons. The van der Waals surface area contributed by atoms with Crippen LogP contribution in [0.2, 0.25) is 0 Å². The summed E-state index contributed by atoms with van der Waals surface area (Å²) in [5.74, 6) is -0.296. The molecule has 0 fully saturated rings. The minimum Gasteiger partial charge on any atom is -0.307 e. The first-order valence-electron chi connectivity index (χ1n) is 9.92. The van der Waals surface area contributed by atoms with Crippen molar-refractivity contribution in [2.24, 2.45) is 0 Å². The van der Waals surface area contributed by atoms with E-state index in [1.807, 2.05) is 44.2 Å². The summed E-state index contributed by atoms with van der Waals surface area (Å²) < 4.78 is 18.1. The molecule has 1 aromatic carbocycles. The summed E-state index contributed by atoms with van der Waals surface area (Å²) in [6, 6.07) is 11.0. The first-order chi connectivity index (χ1) is 14.9. The molecule has 3 aromatic heterocycles. The van der Waals surface area contributed by atoms with E-state index < -0.39 is 0 Å². The number of nitrogens with zero attached hydrogens (tertiary/aromatic N) is 6. The van der Waals surface area contributed by atoms with Crippen molar-refractivity contribution in [3.8, 4) is 17.2 Å². The van der Waals surface area contributed by atoms with Crippen LogP contribution in [0.3, 0.4) is 0 Å². The van der Waals surface area contributed by atoms with Gasteiger partial charge in [0.2, 0.25) is 0 Å². The van der Waals surface area contributed by atoms with Crippen molar-refractivity contribution in [3.63, 3.8) is 0 Å². The normalized spacial score (nSPS) is 12.4. The van der Waals surface area contributed by atoms with E-state index >= 15 is 0 Å². The maximum Gasteiger partial charge on any atom is 0.137 e. The molecule has 158 valence electrons. The van der Waals surface area contributed by atoms with Crippen molar-refractivity contribution >= 4 is 17.3 Å². The van der Waals surface area contributed by atoms with Gasteiger partial charge in [-0.3, -0.25) is 4.68 Å². The number of hydrogen-bond donors (Lipinski definition) is 0. The number of likely N-dealkylation sites (N-methyl/N-ethyl adjacent to an activating group) is 1. The van der Waals surface area contributed by atoms with Crippen LogP contribution in [-0.4, -0.2) is 44.9 Å². The molecule has 0 amide bonds. The predicted octanol–water partition coefficient (Wildman–Crippen LogP) is 4.79. The van der Waals surface area contributed by atoms with Gasteiger partial charge < -0.3 is 4.90 Å². The number of aromatic nitrogens is 4. The number of pyridine rings is 1. The van der Waals surface area contributed by atoms with Crippen LogP contribution >= 0.6 is 11.8 Å². The molecule has 1 atom stereocenters. The first kappa shape index (κ1) is 21.1. The summed E-state index contributed by atoms with van der Waals surface area (Å²) in [4.78, 5) is 3.40. The van der Waals surface area contributed by atoms with Crippen molar-refractivity contribution in [3.05, 3.63) is 66.0 Å². The average molecular weight is 435 g/mol. The molecule has 31 heavy (non-hydrogen) atoms. The largest absolute Gasteiger partial charge is 0.307 e. The molecule has 6 nitrogen and oxygen atoms in total. The Morgan fingerprint density at radius 3 is 2.68 bits per heavy atom. The van der Waals surface area contributed by atoms with Gasteiger partial charge in [-0.05, 0) is 46.1 Å². The van der Waals surface area contributed by atoms with Crippen LogP contribution < -0.4 is 0 Å². The average Bonchev–Trinajstić information content (AvgIpc) is 3.32. The summed E-state index contributed by atoms with van der Waals surface area (Å²) in [6.45, 7) is 5.06. The topological polar surface area (TPSA) is 62.2 Å². The van der Waals surface area contributed by atoms with Crippen LogP contribution in [0.5, 0.6) is 0 Å². The van der Waals surface area contributed by atoms with E-state index in [1.165, 1.54) is 17.8 Å². The lowest BCUT2D eigenvalue weighted by Crippen LogP contribution is -2.23. The smallest absolute Gasteiger partial charge is 0.137 e. The SMILES string of the molecule is Cc1c(-c2cc(Sc3ccccc3F)c3c(C#N)cnn3c2)cnn1[C@H](C)CN(C)C. The second-order valence-electron chi connectivity index (χ2n) is 7.79. The van der Waals surface area contributed by atoms with Gasteiger partial charge in [0.1, 0.15) is 11.9 Å². The monoisotopic (exact) mass is 434 g/mol. The van der Waals surface area contributed by atoms with Crippen LogP contribution in [0.25, 0.3) is 16.6 Å². The summed E-state index contributed by atoms with van der Waals surface area (Å²) >= 11 is 1.29. The highest BCUT2D eigenvalue weighted by Gasteiger charge is 2.18. The Balaban J connectivity index is 1.83. The van der Waals surface area contributed by atoms with E-state index in [2.05, 4.69) is 28.1 Å². The van der Waals surface area contributed by atoms with E-state index in [1.54, 1.807) is 28.9 Å². The van der Waals surface area contributed by atoms with Gasteiger partial charge in [-0.1, -0.05) is 23.9 Å². The van der Waals surface area contributed by atoms with Crippen molar-refractivity contribution in [1.82, 2.24) is 24.3 Å². The fourth-order valence-electron chi connectivity index (χ4n) is 3.79. The number of benzene rings is 1. The molecule has 0 spiro atoms. The zero-order chi connectivity index (χ0) is 22.1. The lowest BCUT2D eigenvalue weighted by molar-refractivity contribution is 0.319. The standard InChI is InChI=1S/C23H23FN6S/c1-15(13-28(3)4)30-16(2)19(12-27-30)17-9-22(31-21-8-6-5-7-20(21)24)23-18(10-25)11-26-29(23)14-17/h5-9,11-12,14-15H,13H2,1-4H3/t15-/m1/s1. The molecule has 0 aliphatic heterocycles. The molecule has 0 N–H and O–H groups in total. The minimum atomic E-state index is -0.296. The highest BCUT2D eigenvalue weighted by molar-refractivity contribution is 7.99. The molecule has 3 heterocycles. The van der Waals surface area contributed by atoms with Crippen LogP contribution in [0, 0.1) is 24.1 Å². The van der Waals surface area contributed by atoms with Gasteiger partial charge in [-0.15, -0.1) is 0 Å². The van der Waals surface area contributed by atoms with E-state index in [9.17, 15) is 9.65 Å².